The maximum atomic E-state index is 12.8. The predicted octanol–water partition coefficient (Wildman–Crippen LogP) is 2.07. The quantitative estimate of drug-likeness (QED) is 0.872. The number of carbonyl (C=O) groups is 2. The Bertz CT molecular complexity index is 621. The number of nitrogens with one attached hydrogen (secondary N) is 1. The fourth-order valence-corrected chi connectivity index (χ4v) is 4.84. The van der Waals surface area contributed by atoms with E-state index in [4.69, 9.17) is 4.74 Å². The first-order valence-corrected chi connectivity index (χ1v) is 10.2. The van der Waals surface area contributed by atoms with Crippen LogP contribution in [0.15, 0.2) is 16.8 Å². The Morgan fingerprint density at radius 3 is 2.80 bits per heavy atom. The number of hydrogen-bond acceptors (Lipinski definition) is 4. The largest absolute Gasteiger partial charge is 0.381 e. The van der Waals surface area contributed by atoms with E-state index in [9.17, 15) is 9.59 Å². The maximum absolute atomic E-state index is 12.8. The molecular weight excluding hydrogens is 336 g/mol. The fraction of sp³-hybridized carbons (Fsp3) is 0.684. The van der Waals surface area contributed by atoms with Gasteiger partial charge >= 0.3 is 0 Å². The molecule has 2 aliphatic heterocycles. The summed E-state index contributed by atoms with van der Waals surface area (Å²) in [6.45, 7) is 3.43. The van der Waals surface area contributed by atoms with Crippen LogP contribution in [0.4, 0.5) is 0 Å². The summed E-state index contributed by atoms with van der Waals surface area (Å²) in [5.74, 6) is 0.857. The van der Waals surface area contributed by atoms with Crippen LogP contribution in [0.25, 0.3) is 0 Å². The van der Waals surface area contributed by atoms with Gasteiger partial charge in [-0.1, -0.05) is 0 Å². The first-order valence-electron chi connectivity index (χ1n) is 9.31. The molecule has 1 aliphatic carbocycles. The minimum absolute atomic E-state index is 0.0958. The maximum Gasteiger partial charge on any atom is 0.227 e. The number of nitrogens with zero attached hydrogens (tertiary/aromatic N) is 1. The fourth-order valence-electron chi connectivity index (χ4n) is 4.17. The SMILES string of the molecule is O=C(NCC1CC1)[C@H]1CN(C(=O)Cc2ccsc2)CC12CCOCC2. The van der Waals surface area contributed by atoms with Crippen LogP contribution >= 0.6 is 11.3 Å². The highest BCUT2D eigenvalue weighted by molar-refractivity contribution is 7.08. The zero-order valence-electron chi connectivity index (χ0n) is 14.5. The average molecular weight is 362 g/mol. The lowest BCUT2D eigenvalue weighted by molar-refractivity contribution is -0.130. The van der Waals surface area contributed by atoms with Crippen LogP contribution in [0.3, 0.4) is 0 Å². The van der Waals surface area contributed by atoms with Crippen molar-refractivity contribution in [3.63, 3.8) is 0 Å². The van der Waals surface area contributed by atoms with Crippen molar-refractivity contribution in [3.8, 4) is 0 Å². The smallest absolute Gasteiger partial charge is 0.227 e. The van der Waals surface area contributed by atoms with Gasteiger partial charge in [0.15, 0.2) is 0 Å². The summed E-state index contributed by atoms with van der Waals surface area (Å²) >= 11 is 1.61. The molecule has 1 aromatic heterocycles. The lowest BCUT2D eigenvalue weighted by atomic mass is 9.71. The lowest BCUT2D eigenvalue weighted by Crippen LogP contribution is -2.44. The van der Waals surface area contributed by atoms with Crippen molar-refractivity contribution in [3.05, 3.63) is 22.4 Å². The molecule has 25 heavy (non-hydrogen) atoms. The Kier molecular flexibility index (Phi) is 4.82. The summed E-state index contributed by atoms with van der Waals surface area (Å²) in [6, 6.07) is 2.00. The third-order valence-electron chi connectivity index (χ3n) is 6.00. The van der Waals surface area contributed by atoms with Crippen molar-refractivity contribution in [2.75, 3.05) is 32.8 Å². The van der Waals surface area contributed by atoms with Crippen molar-refractivity contribution >= 4 is 23.2 Å². The Hall–Kier alpha value is -1.40. The molecule has 0 bridgehead atoms. The Labute approximate surface area is 152 Å². The second kappa shape index (κ2) is 7.08. The molecule has 0 radical (unpaired) electrons. The first-order chi connectivity index (χ1) is 12.2. The molecule has 5 nitrogen and oxygen atoms in total. The van der Waals surface area contributed by atoms with E-state index in [2.05, 4.69) is 5.32 Å². The summed E-state index contributed by atoms with van der Waals surface area (Å²) in [6.07, 6.45) is 4.64. The molecular formula is C19H26N2O3S. The van der Waals surface area contributed by atoms with E-state index in [-0.39, 0.29) is 23.1 Å². The Morgan fingerprint density at radius 1 is 1.32 bits per heavy atom. The van der Waals surface area contributed by atoms with E-state index in [1.807, 2.05) is 21.7 Å². The monoisotopic (exact) mass is 362 g/mol. The molecule has 1 N–H and O–H groups in total. The van der Waals surface area contributed by atoms with Gasteiger partial charge in [0.25, 0.3) is 0 Å². The molecule has 136 valence electrons. The summed E-state index contributed by atoms with van der Waals surface area (Å²) in [5, 5.41) is 7.17. The predicted molar refractivity (Wildman–Crippen MR) is 96.3 cm³/mol. The van der Waals surface area contributed by atoms with Crippen molar-refractivity contribution < 1.29 is 14.3 Å². The highest BCUT2D eigenvalue weighted by Crippen LogP contribution is 2.44. The molecule has 1 atom stereocenters. The summed E-state index contributed by atoms with van der Waals surface area (Å²) in [4.78, 5) is 27.5. The van der Waals surface area contributed by atoms with Gasteiger partial charge in [-0.2, -0.15) is 11.3 Å². The molecule has 0 unspecified atom stereocenters. The number of rotatable bonds is 5. The van der Waals surface area contributed by atoms with Crippen LogP contribution in [-0.2, 0) is 20.7 Å². The van der Waals surface area contributed by atoms with Crippen molar-refractivity contribution in [1.29, 1.82) is 0 Å². The molecule has 2 amide bonds. The summed E-state index contributed by atoms with van der Waals surface area (Å²) < 4.78 is 5.54. The Morgan fingerprint density at radius 2 is 2.12 bits per heavy atom. The van der Waals surface area contributed by atoms with Crippen LogP contribution < -0.4 is 5.32 Å². The molecule has 0 aromatic carbocycles. The molecule has 6 heteroatoms. The topological polar surface area (TPSA) is 58.6 Å². The van der Waals surface area contributed by atoms with Gasteiger partial charge in [-0.3, -0.25) is 9.59 Å². The molecule has 3 fully saturated rings. The van der Waals surface area contributed by atoms with Gasteiger partial charge in [-0.05, 0) is 54.0 Å². The summed E-state index contributed by atoms with van der Waals surface area (Å²) in [7, 11) is 0. The molecule has 3 heterocycles. The standard InChI is InChI=1S/C19H26N2O3S/c22-17(9-15-3-8-25-12-15)21-11-16(18(23)20-10-14-1-2-14)19(13-21)4-6-24-7-5-19/h3,8,12,14,16H,1-2,4-7,9-11,13H2,(H,20,23)/t16-/m1/s1. The zero-order chi connectivity index (χ0) is 17.3. The highest BCUT2D eigenvalue weighted by atomic mass is 32.1. The number of likely N-dealkylation sites (tertiary alicyclic amines) is 1. The third kappa shape index (κ3) is 3.75. The van der Waals surface area contributed by atoms with Gasteiger partial charge < -0.3 is 15.0 Å². The number of carbonyl (C=O) groups excluding carboxylic acids is 2. The van der Waals surface area contributed by atoms with E-state index in [0.29, 0.717) is 38.6 Å². The average Bonchev–Trinajstić information content (AvgIpc) is 3.18. The molecule has 2 saturated heterocycles. The van der Waals surface area contributed by atoms with Gasteiger partial charge in [0.1, 0.15) is 0 Å². The van der Waals surface area contributed by atoms with Crippen LogP contribution in [0.1, 0.15) is 31.2 Å². The van der Waals surface area contributed by atoms with E-state index in [1.165, 1.54) is 12.8 Å². The van der Waals surface area contributed by atoms with Gasteiger partial charge in [0.2, 0.25) is 11.8 Å². The normalized spacial score (nSPS) is 25.3. The number of amides is 2. The third-order valence-corrected chi connectivity index (χ3v) is 6.74. The molecule has 1 aromatic rings. The van der Waals surface area contributed by atoms with Gasteiger partial charge in [0.05, 0.1) is 12.3 Å². The van der Waals surface area contributed by atoms with Crippen molar-refractivity contribution in [2.24, 2.45) is 17.3 Å². The van der Waals surface area contributed by atoms with Crippen LogP contribution in [0.2, 0.25) is 0 Å². The van der Waals surface area contributed by atoms with E-state index in [0.717, 1.165) is 24.9 Å². The second-order valence-corrected chi connectivity index (χ2v) is 8.58. The molecule has 4 rings (SSSR count). The van der Waals surface area contributed by atoms with Gasteiger partial charge in [0, 0.05) is 38.3 Å². The number of ether oxygens (including phenoxy) is 1. The summed E-state index contributed by atoms with van der Waals surface area (Å²) in [5.41, 5.74) is 0.966. The number of thiophene rings is 1. The highest BCUT2D eigenvalue weighted by Gasteiger charge is 2.51. The minimum Gasteiger partial charge on any atom is -0.381 e. The van der Waals surface area contributed by atoms with Crippen LogP contribution in [0, 0.1) is 17.3 Å². The molecule has 3 aliphatic rings. The Balaban J connectivity index is 1.45. The van der Waals surface area contributed by atoms with Crippen LogP contribution in [-0.4, -0.2) is 49.6 Å². The first kappa shape index (κ1) is 17.0. The van der Waals surface area contributed by atoms with Crippen molar-refractivity contribution in [1.82, 2.24) is 10.2 Å². The van der Waals surface area contributed by atoms with Gasteiger partial charge in [-0.25, -0.2) is 0 Å². The molecule has 1 saturated carbocycles. The van der Waals surface area contributed by atoms with Crippen LogP contribution in [0.5, 0.6) is 0 Å². The zero-order valence-corrected chi connectivity index (χ0v) is 15.4. The van der Waals surface area contributed by atoms with E-state index < -0.39 is 0 Å². The number of hydrogen-bond donors (Lipinski definition) is 1. The minimum atomic E-state index is -0.101. The van der Waals surface area contributed by atoms with Crippen molar-refractivity contribution in [2.45, 2.75) is 32.1 Å². The molecule has 1 spiro atoms. The second-order valence-electron chi connectivity index (χ2n) is 7.80. The van der Waals surface area contributed by atoms with Gasteiger partial charge in [-0.15, -0.1) is 0 Å². The van der Waals surface area contributed by atoms with E-state index >= 15 is 0 Å². The van der Waals surface area contributed by atoms with E-state index in [1.54, 1.807) is 11.3 Å². The lowest BCUT2D eigenvalue weighted by Gasteiger charge is -2.37.